The molecule has 2 aromatic rings. The summed E-state index contributed by atoms with van der Waals surface area (Å²) in [5.74, 6) is 5.96. The number of rotatable bonds is 4. The van der Waals surface area contributed by atoms with Gasteiger partial charge in [-0.3, -0.25) is 4.79 Å². The average molecular weight is 337 g/mol. The van der Waals surface area contributed by atoms with Gasteiger partial charge in [-0.25, -0.2) is 10.8 Å². The van der Waals surface area contributed by atoms with Crippen molar-refractivity contribution in [1.82, 2.24) is 4.98 Å². The number of pyridine rings is 1. The summed E-state index contributed by atoms with van der Waals surface area (Å²) in [6, 6.07) is 8.57. The largest absolute Gasteiger partial charge is 0.495 e. The molecule has 0 saturated carbocycles. The Morgan fingerprint density at radius 1 is 1.40 bits per heavy atom. The first-order valence-electron chi connectivity index (χ1n) is 5.72. The SMILES string of the molecule is COc1cc(NC(=O)c2cccnc2NN)ccc1Br. The molecule has 0 atom stereocenters. The molecule has 4 N–H and O–H groups in total. The second-order valence-corrected chi connectivity index (χ2v) is 4.70. The summed E-state index contributed by atoms with van der Waals surface area (Å²) in [5.41, 5.74) is 3.36. The van der Waals surface area contributed by atoms with Crippen molar-refractivity contribution < 1.29 is 9.53 Å². The molecule has 0 saturated heterocycles. The number of anilines is 2. The number of ether oxygens (including phenoxy) is 1. The number of amides is 1. The molecule has 0 aliphatic carbocycles. The summed E-state index contributed by atoms with van der Waals surface area (Å²) in [7, 11) is 1.56. The summed E-state index contributed by atoms with van der Waals surface area (Å²) in [6.07, 6.45) is 1.55. The average Bonchev–Trinajstić information content (AvgIpc) is 2.49. The molecule has 0 bridgehead atoms. The van der Waals surface area contributed by atoms with Gasteiger partial charge in [0.25, 0.3) is 5.91 Å². The summed E-state index contributed by atoms with van der Waals surface area (Å²) in [5, 5.41) is 2.76. The normalized spacial score (nSPS) is 9.95. The molecule has 1 amide bonds. The van der Waals surface area contributed by atoms with Crippen molar-refractivity contribution in [3.05, 3.63) is 46.6 Å². The van der Waals surface area contributed by atoms with Crippen molar-refractivity contribution in [2.45, 2.75) is 0 Å². The number of halogens is 1. The number of nitrogens with zero attached hydrogens (tertiary/aromatic N) is 1. The lowest BCUT2D eigenvalue weighted by Crippen LogP contribution is -2.18. The minimum Gasteiger partial charge on any atom is -0.495 e. The monoisotopic (exact) mass is 336 g/mol. The van der Waals surface area contributed by atoms with Crippen LogP contribution >= 0.6 is 15.9 Å². The quantitative estimate of drug-likeness (QED) is 0.589. The van der Waals surface area contributed by atoms with Crippen molar-refractivity contribution in [1.29, 1.82) is 0 Å². The molecule has 104 valence electrons. The van der Waals surface area contributed by atoms with Crippen molar-refractivity contribution in [2.24, 2.45) is 5.84 Å². The molecule has 2 rings (SSSR count). The van der Waals surface area contributed by atoms with E-state index in [0.29, 0.717) is 22.8 Å². The summed E-state index contributed by atoms with van der Waals surface area (Å²) in [6.45, 7) is 0. The Balaban J connectivity index is 2.23. The molecule has 20 heavy (non-hydrogen) atoms. The molecule has 1 aromatic carbocycles. The smallest absolute Gasteiger partial charge is 0.259 e. The number of nitrogens with one attached hydrogen (secondary N) is 2. The van der Waals surface area contributed by atoms with E-state index in [2.05, 4.69) is 31.7 Å². The van der Waals surface area contributed by atoms with Gasteiger partial charge in [-0.2, -0.15) is 0 Å². The number of aromatic nitrogens is 1. The van der Waals surface area contributed by atoms with E-state index in [1.165, 1.54) is 0 Å². The molecule has 6 nitrogen and oxygen atoms in total. The first kappa shape index (κ1) is 14.3. The zero-order valence-corrected chi connectivity index (χ0v) is 12.3. The summed E-state index contributed by atoms with van der Waals surface area (Å²) >= 11 is 3.35. The fourth-order valence-corrected chi connectivity index (χ4v) is 2.05. The van der Waals surface area contributed by atoms with Gasteiger partial charge < -0.3 is 15.5 Å². The molecule has 0 fully saturated rings. The Bertz CT molecular complexity index is 634. The van der Waals surface area contributed by atoms with Crippen LogP contribution in [0, 0.1) is 0 Å². The van der Waals surface area contributed by atoms with Gasteiger partial charge >= 0.3 is 0 Å². The zero-order valence-electron chi connectivity index (χ0n) is 10.7. The number of methoxy groups -OCH3 is 1. The van der Waals surface area contributed by atoms with Crippen LogP contribution in [0.1, 0.15) is 10.4 Å². The number of hydrogen-bond acceptors (Lipinski definition) is 5. The third-order valence-corrected chi connectivity index (χ3v) is 3.25. The number of carbonyl (C=O) groups is 1. The second kappa shape index (κ2) is 6.36. The highest BCUT2D eigenvalue weighted by Gasteiger charge is 2.12. The van der Waals surface area contributed by atoms with Crippen LogP contribution in [0.2, 0.25) is 0 Å². The number of benzene rings is 1. The van der Waals surface area contributed by atoms with Crippen LogP contribution in [0.4, 0.5) is 11.5 Å². The van der Waals surface area contributed by atoms with Crippen molar-refractivity contribution in [3.63, 3.8) is 0 Å². The number of hydrazine groups is 1. The number of hydrogen-bond donors (Lipinski definition) is 3. The van der Waals surface area contributed by atoms with Gasteiger partial charge in [0.2, 0.25) is 0 Å². The van der Waals surface area contributed by atoms with E-state index in [1.807, 2.05) is 0 Å². The predicted octanol–water partition coefficient (Wildman–Crippen LogP) is 2.39. The summed E-state index contributed by atoms with van der Waals surface area (Å²) < 4.78 is 5.98. The third-order valence-electron chi connectivity index (χ3n) is 2.60. The van der Waals surface area contributed by atoms with Crippen molar-refractivity contribution in [3.8, 4) is 5.75 Å². The van der Waals surface area contributed by atoms with Gasteiger partial charge in [0, 0.05) is 18.0 Å². The molecule has 0 radical (unpaired) electrons. The number of carbonyl (C=O) groups excluding carboxylic acids is 1. The maximum Gasteiger partial charge on any atom is 0.259 e. The standard InChI is InChI=1S/C13H13BrN4O2/c1-20-11-7-8(4-5-10(11)14)17-13(19)9-3-2-6-16-12(9)18-15/h2-7H,15H2,1H3,(H,16,18)(H,17,19). The van der Waals surface area contributed by atoms with Gasteiger partial charge in [-0.15, -0.1) is 0 Å². The Hall–Kier alpha value is -2.12. The van der Waals surface area contributed by atoms with Crippen LogP contribution in [0.15, 0.2) is 41.0 Å². The highest BCUT2D eigenvalue weighted by atomic mass is 79.9. The van der Waals surface area contributed by atoms with E-state index in [9.17, 15) is 4.79 Å². The Morgan fingerprint density at radius 2 is 2.20 bits per heavy atom. The Kier molecular flexibility index (Phi) is 4.54. The van der Waals surface area contributed by atoms with Crippen molar-refractivity contribution in [2.75, 3.05) is 17.9 Å². The van der Waals surface area contributed by atoms with Gasteiger partial charge in [0.1, 0.15) is 5.75 Å². The van der Waals surface area contributed by atoms with Crippen LogP contribution in [-0.4, -0.2) is 18.0 Å². The first-order valence-corrected chi connectivity index (χ1v) is 6.51. The highest BCUT2D eigenvalue weighted by Crippen LogP contribution is 2.28. The van der Waals surface area contributed by atoms with Crippen LogP contribution in [-0.2, 0) is 0 Å². The molecule has 7 heteroatoms. The van der Waals surface area contributed by atoms with Crippen LogP contribution in [0.5, 0.6) is 5.75 Å². The molecule has 0 aliphatic heterocycles. The second-order valence-electron chi connectivity index (χ2n) is 3.85. The molecular formula is C13H13BrN4O2. The fourth-order valence-electron chi connectivity index (χ4n) is 1.64. The fraction of sp³-hybridized carbons (Fsp3) is 0.0769. The topological polar surface area (TPSA) is 89.3 Å². The zero-order chi connectivity index (χ0) is 14.5. The van der Waals surface area contributed by atoms with Gasteiger partial charge in [0.15, 0.2) is 5.82 Å². The first-order chi connectivity index (χ1) is 9.65. The summed E-state index contributed by atoms with van der Waals surface area (Å²) in [4.78, 5) is 16.2. The molecular weight excluding hydrogens is 324 g/mol. The van der Waals surface area contributed by atoms with E-state index in [0.717, 1.165) is 4.47 Å². The van der Waals surface area contributed by atoms with Crippen LogP contribution in [0.3, 0.4) is 0 Å². The van der Waals surface area contributed by atoms with E-state index >= 15 is 0 Å². The van der Waals surface area contributed by atoms with Crippen molar-refractivity contribution >= 4 is 33.3 Å². The molecule has 0 spiro atoms. The molecule has 1 aromatic heterocycles. The number of nitrogens with two attached hydrogens (primary N) is 1. The maximum atomic E-state index is 12.2. The predicted molar refractivity (Wildman–Crippen MR) is 80.7 cm³/mol. The maximum absolute atomic E-state index is 12.2. The highest BCUT2D eigenvalue weighted by molar-refractivity contribution is 9.10. The lowest BCUT2D eigenvalue weighted by molar-refractivity contribution is 0.102. The van der Waals surface area contributed by atoms with Gasteiger partial charge in [0.05, 0.1) is 17.1 Å². The number of nitrogen functional groups attached to an aromatic ring is 1. The molecule has 0 aliphatic rings. The minimum absolute atomic E-state index is 0.310. The molecule has 1 heterocycles. The van der Waals surface area contributed by atoms with Crippen LogP contribution < -0.4 is 21.3 Å². The van der Waals surface area contributed by atoms with Crippen LogP contribution in [0.25, 0.3) is 0 Å². The third kappa shape index (κ3) is 3.06. The molecule has 0 unspecified atom stereocenters. The lowest BCUT2D eigenvalue weighted by atomic mass is 10.2. The lowest BCUT2D eigenvalue weighted by Gasteiger charge is -2.10. The van der Waals surface area contributed by atoms with E-state index in [-0.39, 0.29) is 5.91 Å². The Morgan fingerprint density at radius 3 is 2.90 bits per heavy atom. The Labute approximate surface area is 124 Å². The van der Waals surface area contributed by atoms with E-state index < -0.39 is 0 Å². The minimum atomic E-state index is -0.310. The van der Waals surface area contributed by atoms with Gasteiger partial charge in [-0.05, 0) is 40.2 Å². The van der Waals surface area contributed by atoms with E-state index in [4.69, 9.17) is 10.6 Å². The van der Waals surface area contributed by atoms with Gasteiger partial charge in [-0.1, -0.05) is 0 Å². The van der Waals surface area contributed by atoms with E-state index in [1.54, 1.807) is 43.6 Å².